The largest absolute Gasteiger partial charge is 0.327 e. The van der Waals surface area contributed by atoms with E-state index in [0.717, 1.165) is 29.9 Å². The summed E-state index contributed by atoms with van der Waals surface area (Å²) in [7, 11) is 0. The van der Waals surface area contributed by atoms with E-state index in [1.165, 1.54) is 12.5 Å². The number of rotatable bonds is 2. The summed E-state index contributed by atoms with van der Waals surface area (Å²) in [6.07, 6.45) is 3.46. The Labute approximate surface area is 116 Å². The van der Waals surface area contributed by atoms with Crippen LogP contribution in [0.3, 0.4) is 0 Å². The van der Waals surface area contributed by atoms with Gasteiger partial charge in [0.15, 0.2) is 0 Å². The summed E-state index contributed by atoms with van der Waals surface area (Å²) in [4.78, 5) is 0. The SMILES string of the molecule is Cc1ccc(F)cc1C(C)(C)C1CCC(C)CC1N. The Hall–Kier alpha value is -0.890. The molecule has 2 N–H and O–H groups in total. The zero-order chi connectivity index (χ0) is 14.2. The van der Waals surface area contributed by atoms with Crippen LogP contribution in [0.4, 0.5) is 4.39 Å². The number of hydrogen-bond acceptors (Lipinski definition) is 1. The zero-order valence-electron chi connectivity index (χ0n) is 12.5. The van der Waals surface area contributed by atoms with Crippen molar-refractivity contribution in [1.82, 2.24) is 0 Å². The van der Waals surface area contributed by atoms with Crippen molar-refractivity contribution in [2.24, 2.45) is 17.6 Å². The average Bonchev–Trinajstić information content (AvgIpc) is 2.31. The van der Waals surface area contributed by atoms with Crippen molar-refractivity contribution < 1.29 is 4.39 Å². The minimum atomic E-state index is -0.147. The summed E-state index contributed by atoms with van der Waals surface area (Å²) in [6, 6.07) is 5.34. The minimum Gasteiger partial charge on any atom is -0.327 e. The molecule has 1 nitrogen and oxygen atoms in total. The first-order valence-corrected chi connectivity index (χ1v) is 7.34. The molecule has 2 rings (SSSR count). The van der Waals surface area contributed by atoms with Crippen LogP contribution in [-0.2, 0) is 5.41 Å². The quantitative estimate of drug-likeness (QED) is 0.851. The molecule has 2 heteroatoms. The van der Waals surface area contributed by atoms with Crippen LogP contribution >= 0.6 is 0 Å². The lowest BCUT2D eigenvalue weighted by molar-refractivity contribution is 0.170. The van der Waals surface area contributed by atoms with E-state index in [2.05, 4.69) is 27.7 Å². The van der Waals surface area contributed by atoms with Gasteiger partial charge in [-0.25, -0.2) is 4.39 Å². The number of nitrogens with two attached hydrogens (primary N) is 1. The van der Waals surface area contributed by atoms with Gasteiger partial charge in [-0.3, -0.25) is 0 Å². The fraction of sp³-hybridized carbons (Fsp3) is 0.647. The first kappa shape index (κ1) is 14.5. The van der Waals surface area contributed by atoms with E-state index in [0.29, 0.717) is 5.92 Å². The van der Waals surface area contributed by atoms with Crippen LogP contribution in [0.2, 0.25) is 0 Å². The third kappa shape index (κ3) is 2.84. The van der Waals surface area contributed by atoms with Crippen LogP contribution in [0.5, 0.6) is 0 Å². The van der Waals surface area contributed by atoms with E-state index in [-0.39, 0.29) is 17.3 Å². The molecule has 0 spiro atoms. The van der Waals surface area contributed by atoms with E-state index in [4.69, 9.17) is 5.73 Å². The molecule has 0 bridgehead atoms. The van der Waals surface area contributed by atoms with Crippen LogP contribution in [0.25, 0.3) is 0 Å². The Morgan fingerprint density at radius 2 is 1.95 bits per heavy atom. The van der Waals surface area contributed by atoms with Gasteiger partial charge in [-0.2, -0.15) is 0 Å². The van der Waals surface area contributed by atoms with Crippen molar-refractivity contribution in [3.63, 3.8) is 0 Å². The van der Waals surface area contributed by atoms with Gasteiger partial charge in [-0.05, 0) is 60.3 Å². The van der Waals surface area contributed by atoms with Crippen molar-refractivity contribution >= 4 is 0 Å². The Bertz CT molecular complexity index is 453. The molecule has 0 saturated heterocycles. The third-order valence-corrected chi connectivity index (χ3v) is 4.98. The van der Waals surface area contributed by atoms with Crippen molar-refractivity contribution in [3.05, 3.63) is 35.1 Å². The van der Waals surface area contributed by atoms with Crippen LogP contribution < -0.4 is 5.73 Å². The van der Waals surface area contributed by atoms with Gasteiger partial charge in [-0.1, -0.05) is 33.3 Å². The van der Waals surface area contributed by atoms with Gasteiger partial charge in [0, 0.05) is 6.04 Å². The molecular weight excluding hydrogens is 237 g/mol. The molecular formula is C17H26FN. The molecule has 3 atom stereocenters. The monoisotopic (exact) mass is 263 g/mol. The topological polar surface area (TPSA) is 26.0 Å². The lowest BCUT2D eigenvalue weighted by Gasteiger charge is -2.43. The maximum Gasteiger partial charge on any atom is 0.123 e. The Balaban J connectivity index is 2.33. The van der Waals surface area contributed by atoms with E-state index >= 15 is 0 Å². The van der Waals surface area contributed by atoms with Gasteiger partial charge in [0.1, 0.15) is 5.82 Å². The fourth-order valence-corrected chi connectivity index (χ4v) is 3.81. The second kappa shape index (κ2) is 5.24. The maximum atomic E-state index is 13.6. The van der Waals surface area contributed by atoms with Crippen LogP contribution in [0, 0.1) is 24.6 Å². The molecule has 0 aliphatic heterocycles. The molecule has 1 saturated carbocycles. The van der Waals surface area contributed by atoms with Crippen molar-refractivity contribution in [1.29, 1.82) is 0 Å². The summed E-state index contributed by atoms with van der Waals surface area (Å²) in [5.41, 5.74) is 8.60. The van der Waals surface area contributed by atoms with Crippen molar-refractivity contribution in [2.45, 2.75) is 58.4 Å². The lowest BCUT2D eigenvalue weighted by Crippen LogP contribution is -2.46. The predicted molar refractivity (Wildman–Crippen MR) is 78.6 cm³/mol. The molecule has 0 heterocycles. The van der Waals surface area contributed by atoms with E-state index in [9.17, 15) is 4.39 Å². The van der Waals surface area contributed by atoms with Crippen molar-refractivity contribution in [2.75, 3.05) is 0 Å². The van der Waals surface area contributed by atoms with Gasteiger partial charge in [0.05, 0.1) is 0 Å². The number of aryl methyl sites for hydroxylation is 1. The Morgan fingerprint density at radius 3 is 2.58 bits per heavy atom. The first-order chi connectivity index (χ1) is 8.82. The molecule has 0 amide bonds. The Kier molecular flexibility index (Phi) is 4.00. The molecule has 19 heavy (non-hydrogen) atoms. The third-order valence-electron chi connectivity index (χ3n) is 4.98. The van der Waals surface area contributed by atoms with E-state index < -0.39 is 0 Å². The molecule has 1 aromatic carbocycles. The van der Waals surface area contributed by atoms with Crippen molar-refractivity contribution in [3.8, 4) is 0 Å². The average molecular weight is 263 g/mol. The highest BCUT2D eigenvalue weighted by Crippen LogP contribution is 2.42. The molecule has 3 unspecified atom stereocenters. The van der Waals surface area contributed by atoms with Crippen LogP contribution in [0.1, 0.15) is 51.2 Å². The highest BCUT2D eigenvalue weighted by Gasteiger charge is 2.39. The highest BCUT2D eigenvalue weighted by atomic mass is 19.1. The smallest absolute Gasteiger partial charge is 0.123 e. The second-order valence-corrected chi connectivity index (χ2v) is 6.87. The summed E-state index contributed by atoms with van der Waals surface area (Å²) in [5.74, 6) is 1.01. The van der Waals surface area contributed by atoms with Gasteiger partial charge >= 0.3 is 0 Å². The molecule has 1 aliphatic rings. The van der Waals surface area contributed by atoms with E-state index in [1.54, 1.807) is 6.07 Å². The van der Waals surface area contributed by atoms with Gasteiger partial charge in [0.25, 0.3) is 0 Å². The Morgan fingerprint density at radius 1 is 1.26 bits per heavy atom. The van der Waals surface area contributed by atoms with Crippen LogP contribution in [-0.4, -0.2) is 6.04 Å². The summed E-state index contributed by atoms with van der Waals surface area (Å²) >= 11 is 0. The van der Waals surface area contributed by atoms with Gasteiger partial charge < -0.3 is 5.73 Å². The molecule has 0 radical (unpaired) electrons. The molecule has 106 valence electrons. The van der Waals surface area contributed by atoms with E-state index in [1.807, 2.05) is 6.07 Å². The zero-order valence-corrected chi connectivity index (χ0v) is 12.5. The van der Waals surface area contributed by atoms with Crippen LogP contribution in [0.15, 0.2) is 18.2 Å². The molecule has 0 aromatic heterocycles. The highest BCUT2D eigenvalue weighted by molar-refractivity contribution is 5.34. The second-order valence-electron chi connectivity index (χ2n) is 6.87. The fourth-order valence-electron chi connectivity index (χ4n) is 3.81. The number of halogens is 1. The molecule has 1 aromatic rings. The predicted octanol–water partition coefficient (Wildman–Crippen LogP) is 4.18. The molecule has 1 fully saturated rings. The number of benzene rings is 1. The number of hydrogen-bond donors (Lipinski definition) is 1. The summed E-state index contributed by atoms with van der Waals surface area (Å²) in [6.45, 7) is 8.77. The molecule has 1 aliphatic carbocycles. The van der Waals surface area contributed by atoms with Gasteiger partial charge in [-0.15, -0.1) is 0 Å². The summed E-state index contributed by atoms with van der Waals surface area (Å²) in [5, 5.41) is 0. The van der Waals surface area contributed by atoms with Gasteiger partial charge in [0.2, 0.25) is 0 Å². The minimum absolute atomic E-state index is 0.0637. The normalized spacial score (nSPS) is 28.4. The first-order valence-electron chi connectivity index (χ1n) is 7.34. The summed E-state index contributed by atoms with van der Waals surface area (Å²) < 4.78 is 13.6. The lowest BCUT2D eigenvalue weighted by atomic mass is 9.63. The maximum absolute atomic E-state index is 13.6. The standard InChI is InChI=1S/C17H26FN/c1-11-5-8-14(16(19)9-11)17(3,4)15-10-13(18)7-6-12(15)2/h6-7,10-11,14,16H,5,8-9,19H2,1-4H3.